The quantitative estimate of drug-likeness (QED) is 0.110. The van der Waals surface area contributed by atoms with E-state index in [2.05, 4.69) is 31.3 Å². The van der Waals surface area contributed by atoms with Crippen LogP contribution < -0.4 is 31.3 Å². The zero-order valence-corrected chi connectivity index (χ0v) is 31.6. The van der Waals surface area contributed by atoms with Crippen LogP contribution in [0.1, 0.15) is 70.4 Å². The van der Waals surface area contributed by atoms with Crippen molar-refractivity contribution in [3.63, 3.8) is 0 Å². The van der Waals surface area contributed by atoms with Crippen molar-refractivity contribution in [1.29, 1.82) is 0 Å². The van der Waals surface area contributed by atoms with Gasteiger partial charge in [-0.05, 0) is 131 Å². The van der Waals surface area contributed by atoms with Gasteiger partial charge in [-0.1, -0.05) is 30.3 Å². The zero-order valence-electron chi connectivity index (χ0n) is 30.7. The van der Waals surface area contributed by atoms with Crippen molar-refractivity contribution in [2.24, 2.45) is 11.8 Å². The second-order valence-electron chi connectivity index (χ2n) is 15.5. The number of sulfonamides is 1. The lowest BCUT2D eigenvalue weighted by Gasteiger charge is -2.31. The smallest absolute Gasteiger partial charge is 0.407 e. The van der Waals surface area contributed by atoms with E-state index in [1.807, 2.05) is 58.0 Å². The number of benzene rings is 3. The van der Waals surface area contributed by atoms with Crippen molar-refractivity contribution in [3.8, 4) is 11.1 Å². The van der Waals surface area contributed by atoms with E-state index in [-0.39, 0.29) is 28.7 Å². The summed E-state index contributed by atoms with van der Waals surface area (Å²) >= 11 is 0. The minimum atomic E-state index is -3.56. The van der Waals surface area contributed by atoms with Crippen LogP contribution in [0.4, 0.5) is 21.9 Å². The summed E-state index contributed by atoms with van der Waals surface area (Å²) in [6.45, 7) is 7.85. The standard InChI is InChI=1S/C39H52N6O7S/c1-23-19-30(53(50,51)45-28-13-14-28)16-17-31(23)26-9-5-24(6-10-26)20-34(36(47)41-29-15-18-32-33(21-29)44-37(48)43-32)42-35(46)27-11-7-25(8-12-27)22-40-38(49)52-39(2,3)4/h5-6,9-10,15-19,21,25,27-28,34,36-37,41,43-45,47-48H,7-8,11-14,20,22H2,1-4H3,(H,40,49)(H,42,46)/t25?,27?,34-,36?,37?/m0/s1. The molecule has 6 rings (SSSR count). The maximum atomic E-state index is 13.7. The Labute approximate surface area is 311 Å². The molecule has 0 bridgehead atoms. The van der Waals surface area contributed by atoms with E-state index in [0.29, 0.717) is 37.2 Å². The number of aliphatic hydroxyl groups excluding tert-OH is 2. The van der Waals surface area contributed by atoms with Gasteiger partial charge in [0.1, 0.15) is 11.8 Å². The number of carbonyl (C=O) groups is 2. The summed E-state index contributed by atoms with van der Waals surface area (Å²) in [7, 11) is -3.56. The van der Waals surface area contributed by atoms with Crippen LogP contribution in [-0.2, 0) is 26.0 Å². The number of anilines is 3. The van der Waals surface area contributed by atoms with E-state index in [4.69, 9.17) is 4.74 Å². The number of hydrogen-bond donors (Lipinski definition) is 8. The first-order valence-corrected chi connectivity index (χ1v) is 19.9. The third-order valence-electron chi connectivity index (χ3n) is 9.91. The predicted molar refractivity (Wildman–Crippen MR) is 205 cm³/mol. The molecule has 0 spiro atoms. The van der Waals surface area contributed by atoms with Crippen molar-refractivity contribution in [2.75, 3.05) is 22.5 Å². The summed E-state index contributed by atoms with van der Waals surface area (Å²) in [6, 6.07) is 17.7. The summed E-state index contributed by atoms with van der Waals surface area (Å²) < 4.78 is 33.6. The van der Waals surface area contributed by atoms with Crippen LogP contribution in [0.15, 0.2) is 65.6 Å². The van der Waals surface area contributed by atoms with E-state index >= 15 is 0 Å². The molecule has 3 aromatic carbocycles. The highest BCUT2D eigenvalue weighted by atomic mass is 32.2. The van der Waals surface area contributed by atoms with E-state index in [0.717, 1.165) is 53.6 Å². The minimum Gasteiger partial charge on any atom is -0.444 e. The highest BCUT2D eigenvalue weighted by Crippen LogP contribution is 2.33. The maximum absolute atomic E-state index is 13.7. The molecular weight excluding hydrogens is 697 g/mol. The lowest BCUT2D eigenvalue weighted by molar-refractivity contribution is -0.127. The molecule has 2 saturated carbocycles. The number of aryl methyl sites for hydroxylation is 1. The fourth-order valence-electron chi connectivity index (χ4n) is 6.88. The predicted octanol–water partition coefficient (Wildman–Crippen LogP) is 5.00. The minimum absolute atomic E-state index is 0.0291. The third-order valence-corrected chi connectivity index (χ3v) is 11.4. The maximum Gasteiger partial charge on any atom is 0.407 e. The summed E-state index contributed by atoms with van der Waals surface area (Å²) in [5.41, 5.74) is 5.03. The van der Waals surface area contributed by atoms with Gasteiger partial charge in [-0.2, -0.15) is 0 Å². The summed E-state index contributed by atoms with van der Waals surface area (Å²) in [6.07, 6.45) is 2.48. The van der Waals surface area contributed by atoms with Gasteiger partial charge in [-0.25, -0.2) is 17.9 Å². The van der Waals surface area contributed by atoms with Gasteiger partial charge in [-0.3, -0.25) is 4.79 Å². The molecule has 2 fully saturated rings. The molecule has 2 aliphatic carbocycles. The normalized spacial score (nSPS) is 21.0. The summed E-state index contributed by atoms with van der Waals surface area (Å²) in [5.74, 6) is -0.107. The number of carbonyl (C=O) groups excluding carboxylic acids is 2. The van der Waals surface area contributed by atoms with Crippen LogP contribution in [0.2, 0.25) is 0 Å². The molecule has 0 radical (unpaired) electrons. The van der Waals surface area contributed by atoms with Gasteiger partial charge in [0.05, 0.1) is 22.3 Å². The van der Waals surface area contributed by atoms with E-state index in [1.165, 1.54) is 0 Å². The highest BCUT2D eigenvalue weighted by Gasteiger charge is 2.31. The summed E-state index contributed by atoms with van der Waals surface area (Å²) in [4.78, 5) is 26.1. The Kier molecular flexibility index (Phi) is 11.5. The van der Waals surface area contributed by atoms with Crippen molar-refractivity contribution in [2.45, 2.75) is 108 Å². The first-order valence-electron chi connectivity index (χ1n) is 18.4. The largest absolute Gasteiger partial charge is 0.444 e. The second-order valence-corrected chi connectivity index (χ2v) is 17.2. The molecule has 2 unspecified atom stereocenters. The van der Waals surface area contributed by atoms with Crippen LogP contribution in [-0.4, -0.2) is 67.4 Å². The fraction of sp³-hybridized carbons (Fsp3) is 0.487. The molecule has 0 aromatic heterocycles. The number of nitrogens with one attached hydrogen (secondary N) is 6. The molecule has 13 nitrogen and oxygen atoms in total. The molecule has 286 valence electrons. The van der Waals surface area contributed by atoms with Gasteiger partial charge in [0.25, 0.3) is 0 Å². The highest BCUT2D eigenvalue weighted by molar-refractivity contribution is 7.89. The molecular formula is C39H52N6O7S. The van der Waals surface area contributed by atoms with Crippen LogP contribution in [0.25, 0.3) is 11.1 Å². The Balaban J connectivity index is 1.11. The number of alkyl carbamates (subject to hydrolysis) is 1. The Hall–Kier alpha value is -4.37. The van der Waals surface area contributed by atoms with Gasteiger partial charge in [0.15, 0.2) is 0 Å². The van der Waals surface area contributed by atoms with Gasteiger partial charge < -0.3 is 41.5 Å². The number of aliphatic hydroxyl groups is 2. The second kappa shape index (κ2) is 15.9. The van der Waals surface area contributed by atoms with Crippen molar-refractivity contribution in [3.05, 3.63) is 71.8 Å². The van der Waals surface area contributed by atoms with Crippen molar-refractivity contribution >= 4 is 39.1 Å². The number of ether oxygens (including phenoxy) is 1. The number of rotatable bonds is 13. The topological polar surface area (TPSA) is 190 Å². The lowest BCUT2D eigenvalue weighted by Crippen LogP contribution is -2.50. The van der Waals surface area contributed by atoms with E-state index < -0.39 is 40.3 Å². The Bertz CT molecular complexity index is 1890. The van der Waals surface area contributed by atoms with E-state index in [1.54, 1.807) is 30.3 Å². The summed E-state index contributed by atoms with van der Waals surface area (Å²) in [5, 5.41) is 36.3. The molecule has 1 heterocycles. The van der Waals surface area contributed by atoms with Gasteiger partial charge in [-0.15, -0.1) is 0 Å². The Morgan fingerprint density at radius 2 is 1.62 bits per heavy atom. The molecule has 3 aromatic rings. The molecule has 0 saturated heterocycles. The average molecular weight is 749 g/mol. The van der Waals surface area contributed by atoms with Crippen LogP contribution in [0.5, 0.6) is 0 Å². The molecule has 8 N–H and O–H groups in total. The molecule has 2 amide bonds. The molecule has 3 atom stereocenters. The number of fused-ring (bicyclic) bond motifs is 1. The SMILES string of the molecule is Cc1cc(S(=O)(=O)NC2CC2)ccc1-c1ccc(C[C@H](NC(=O)C2CCC(CNC(=O)OC(C)(C)C)CC2)C(O)Nc2ccc3c(c2)NC(O)N3)cc1. The first-order chi connectivity index (χ1) is 25.1. The van der Waals surface area contributed by atoms with Crippen LogP contribution >= 0.6 is 0 Å². The third kappa shape index (κ3) is 10.4. The Morgan fingerprint density at radius 3 is 2.28 bits per heavy atom. The van der Waals surface area contributed by atoms with Crippen molar-refractivity contribution in [1.82, 2.24) is 15.4 Å². The van der Waals surface area contributed by atoms with Crippen LogP contribution in [0.3, 0.4) is 0 Å². The monoisotopic (exact) mass is 748 g/mol. The van der Waals surface area contributed by atoms with Crippen LogP contribution in [0, 0.1) is 18.8 Å². The number of amides is 2. The molecule has 3 aliphatic rings. The first kappa shape index (κ1) is 38.4. The van der Waals surface area contributed by atoms with Gasteiger partial charge >= 0.3 is 6.09 Å². The average Bonchev–Trinajstić information content (AvgIpc) is 3.83. The van der Waals surface area contributed by atoms with Crippen molar-refractivity contribution < 1.29 is 33.0 Å². The lowest BCUT2D eigenvalue weighted by atomic mass is 9.81. The Morgan fingerprint density at radius 1 is 0.925 bits per heavy atom. The molecule has 53 heavy (non-hydrogen) atoms. The fourth-order valence-corrected chi connectivity index (χ4v) is 8.27. The van der Waals surface area contributed by atoms with Gasteiger partial charge in [0, 0.05) is 24.2 Å². The van der Waals surface area contributed by atoms with Gasteiger partial charge in [0.2, 0.25) is 22.3 Å². The molecule has 1 aliphatic heterocycles. The number of hydrogen-bond acceptors (Lipinski definition) is 10. The molecule has 14 heteroatoms. The zero-order chi connectivity index (χ0) is 37.9. The van der Waals surface area contributed by atoms with E-state index in [9.17, 15) is 28.2 Å².